The number of aliphatic hydroxyl groups excluding tert-OH is 1. The van der Waals surface area contributed by atoms with Crippen molar-refractivity contribution in [2.45, 2.75) is 69.3 Å². The molecule has 4 heterocycles. The third-order valence-corrected chi connectivity index (χ3v) is 13.6. The number of thioether (sulfide) groups is 1. The number of hydrogen-bond donors (Lipinski definition) is 1. The van der Waals surface area contributed by atoms with Gasteiger partial charge in [-0.25, -0.2) is 17.8 Å². The summed E-state index contributed by atoms with van der Waals surface area (Å²) < 4.78 is 45.5. The zero-order valence-electron chi connectivity index (χ0n) is 25.2. The maximum Gasteiger partial charge on any atom is 0.248 e. The fraction of sp³-hybridized carbons (Fsp3) is 0.581. The second-order valence-corrected chi connectivity index (χ2v) is 15.9. The summed E-state index contributed by atoms with van der Waals surface area (Å²) in [6.07, 6.45) is 11.0. The summed E-state index contributed by atoms with van der Waals surface area (Å²) in [5, 5.41) is 10.2. The Morgan fingerprint density at radius 2 is 1.91 bits per heavy atom. The lowest BCUT2D eigenvalue weighted by atomic mass is 9.96. The first kappa shape index (κ1) is 30.9. The number of allylic oxidation sites excluding steroid dienone is 1. The van der Waals surface area contributed by atoms with Crippen molar-refractivity contribution in [2.24, 2.45) is 0 Å². The Morgan fingerprint density at radius 3 is 2.56 bits per heavy atom. The van der Waals surface area contributed by atoms with Crippen LogP contribution < -0.4 is 0 Å². The minimum atomic E-state index is -3.64. The Kier molecular flexibility index (Phi) is 8.91. The molecule has 5 atom stereocenters. The average Bonchev–Trinajstić information content (AvgIpc) is 3.58. The van der Waals surface area contributed by atoms with Crippen LogP contribution >= 0.6 is 11.8 Å². The first-order valence-corrected chi connectivity index (χ1v) is 17.6. The first-order valence-electron chi connectivity index (χ1n) is 15.3. The van der Waals surface area contributed by atoms with Crippen LogP contribution in [-0.4, -0.2) is 111 Å². The van der Waals surface area contributed by atoms with Gasteiger partial charge in [0.2, 0.25) is 10.0 Å². The van der Waals surface area contributed by atoms with E-state index in [0.29, 0.717) is 43.0 Å². The van der Waals surface area contributed by atoms with Crippen LogP contribution in [0.2, 0.25) is 0 Å². The summed E-state index contributed by atoms with van der Waals surface area (Å²) in [5.41, 5.74) is 2.05. The molecule has 1 unspecified atom stereocenters. The Hall–Kier alpha value is -2.06. The van der Waals surface area contributed by atoms with Gasteiger partial charge in [-0.2, -0.15) is 4.31 Å². The highest BCUT2D eigenvalue weighted by molar-refractivity contribution is 8.18. The van der Waals surface area contributed by atoms with E-state index in [0.717, 1.165) is 43.7 Å². The van der Waals surface area contributed by atoms with E-state index in [1.54, 1.807) is 28.8 Å². The van der Waals surface area contributed by atoms with E-state index in [9.17, 15) is 17.9 Å². The molecule has 0 bridgehead atoms. The van der Waals surface area contributed by atoms with Gasteiger partial charge in [-0.1, -0.05) is 42.1 Å². The van der Waals surface area contributed by atoms with Gasteiger partial charge in [0.05, 0.1) is 29.0 Å². The molecule has 43 heavy (non-hydrogen) atoms. The lowest BCUT2D eigenvalue weighted by Crippen LogP contribution is -2.63. The predicted octanol–water partition coefficient (Wildman–Crippen LogP) is 3.47. The van der Waals surface area contributed by atoms with Gasteiger partial charge in [0, 0.05) is 70.6 Å². The molecule has 2 aromatic rings. The van der Waals surface area contributed by atoms with E-state index in [1.807, 2.05) is 13.1 Å². The molecule has 0 saturated carbocycles. The molecule has 0 spiro atoms. The van der Waals surface area contributed by atoms with Gasteiger partial charge >= 0.3 is 0 Å². The summed E-state index contributed by atoms with van der Waals surface area (Å²) in [5.74, 6) is -0.254. The summed E-state index contributed by atoms with van der Waals surface area (Å²) in [6, 6.07) is 7.13. The minimum absolute atomic E-state index is 0.00588. The molecule has 6 rings (SSSR count). The second kappa shape index (κ2) is 12.4. The predicted molar refractivity (Wildman–Crippen MR) is 168 cm³/mol. The van der Waals surface area contributed by atoms with Crippen LogP contribution in [0.1, 0.15) is 50.9 Å². The Labute approximate surface area is 259 Å². The SMILES string of the molecule is C/C=C(\SC1(N2C[C@@H]3C[C@@H](O)CN3C[C@@H]2C)C=CC1)S(=O)(=O)N1CCN(Cc2cncn2[C@H](C)c2ccc(F)cc2)CC1. The van der Waals surface area contributed by atoms with E-state index in [1.165, 1.54) is 23.9 Å². The number of benzene rings is 1. The number of imidazole rings is 1. The van der Waals surface area contributed by atoms with Gasteiger partial charge in [-0.15, -0.1) is 0 Å². The molecular weight excluding hydrogens is 588 g/mol. The molecule has 1 aliphatic carbocycles. The zero-order valence-corrected chi connectivity index (χ0v) is 26.9. The van der Waals surface area contributed by atoms with Gasteiger partial charge in [-0.05, 0) is 51.3 Å². The zero-order chi connectivity index (χ0) is 30.4. The number of hydrogen-bond acceptors (Lipinski definition) is 8. The molecule has 234 valence electrons. The Balaban J connectivity index is 1.09. The maximum absolute atomic E-state index is 14.0. The molecular formula is C31H43FN6O3S2. The van der Waals surface area contributed by atoms with Crippen LogP contribution in [0, 0.1) is 5.82 Å². The van der Waals surface area contributed by atoms with Crippen molar-refractivity contribution in [1.29, 1.82) is 0 Å². The summed E-state index contributed by atoms with van der Waals surface area (Å²) in [4.78, 5) is 11.1. The second-order valence-electron chi connectivity index (χ2n) is 12.4. The van der Waals surface area contributed by atoms with Crippen molar-refractivity contribution in [3.8, 4) is 0 Å². The third kappa shape index (κ3) is 6.12. The van der Waals surface area contributed by atoms with Crippen LogP contribution in [0.3, 0.4) is 0 Å². The molecule has 1 aromatic heterocycles. The number of piperazine rings is 2. The van der Waals surface area contributed by atoms with Crippen LogP contribution in [0.15, 0.2) is 59.3 Å². The third-order valence-electron chi connectivity index (χ3n) is 9.56. The smallest absolute Gasteiger partial charge is 0.248 e. The number of halogens is 1. The van der Waals surface area contributed by atoms with Gasteiger partial charge in [-0.3, -0.25) is 14.7 Å². The number of aromatic nitrogens is 2. The summed E-state index contributed by atoms with van der Waals surface area (Å²) >= 11 is 1.47. The van der Waals surface area contributed by atoms with Crippen molar-refractivity contribution >= 4 is 21.8 Å². The van der Waals surface area contributed by atoms with E-state index >= 15 is 0 Å². The highest BCUT2D eigenvalue weighted by Crippen LogP contribution is 2.49. The molecule has 0 amide bonds. The standard InChI is InChI=1S/C31H43FN6O3S2/c1-4-30(42-31(10-5-11-31)38-20-27-16-29(39)21-35(27)18-23(38)2)43(40,41)36-14-12-34(13-15-36)19-28-17-33-22-37(28)24(3)25-6-8-26(32)9-7-25/h4-10,17,22-24,27,29,39H,11-16,18-21H2,1-3H3/b30-4+/t23-,24+,27-,29+,31?/m0/s1. The number of nitrogens with zero attached hydrogens (tertiary/aromatic N) is 6. The van der Waals surface area contributed by atoms with Gasteiger partial charge in [0.1, 0.15) is 10.1 Å². The highest BCUT2D eigenvalue weighted by atomic mass is 32.3. The molecule has 1 aromatic carbocycles. The van der Waals surface area contributed by atoms with Gasteiger partial charge in [0.15, 0.2) is 0 Å². The van der Waals surface area contributed by atoms with E-state index in [-0.39, 0.29) is 28.9 Å². The van der Waals surface area contributed by atoms with Gasteiger partial charge < -0.3 is 9.67 Å². The quantitative estimate of drug-likeness (QED) is 0.422. The molecule has 3 saturated heterocycles. The molecule has 4 aliphatic rings. The number of aliphatic hydroxyl groups is 1. The first-order chi connectivity index (χ1) is 20.6. The fourth-order valence-corrected chi connectivity index (χ4v) is 10.6. The van der Waals surface area contributed by atoms with E-state index in [2.05, 4.69) is 50.3 Å². The molecule has 3 aliphatic heterocycles. The van der Waals surface area contributed by atoms with Crippen LogP contribution in [-0.2, 0) is 16.6 Å². The van der Waals surface area contributed by atoms with Crippen LogP contribution in [0.4, 0.5) is 4.39 Å². The van der Waals surface area contributed by atoms with Crippen molar-refractivity contribution in [2.75, 3.05) is 45.8 Å². The van der Waals surface area contributed by atoms with Crippen molar-refractivity contribution in [1.82, 2.24) is 28.6 Å². The molecule has 3 fully saturated rings. The lowest BCUT2D eigenvalue weighted by Gasteiger charge is -2.53. The molecule has 9 nitrogen and oxygen atoms in total. The highest BCUT2D eigenvalue weighted by Gasteiger charge is 2.49. The maximum atomic E-state index is 14.0. The van der Waals surface area contributed by atoms with Crippen LogP contribution in [0.5, 0.6) is 0 Å². The number of fused-ring (bicyclic) bond motifs is 1. The lowest BCUT2D eigenvalue weighted by molar-refractivity contribution is 0.0257. The normalized spacial score (nSPS) is 30.3. The molecule has 1 N–H and O–H groups in total. The van der Waals surface area contributed by atoms with Gasteiger partial charge in [0.25, 0.3) is 0 Å². The monoisotopic (exact) mass is 630 g/mol. The number of rotatable bonds is 9. The summed E-state index contributed by atoms with van der Waals surface area (Å²) in [7, 11) is -3.64. The summed E-state index contributed by atoms with van der Waals surface area (Å²) in [6.45, 7) is 11.3. The van der Waals surface area contributed by atoms with Crippen molar-refractivity contribution in [3.63, 3.8) is 0 Å². The fourth-order valence-electron chi connectivity index (χ4n) is 7.03. The van der Waals surface area contributed by atoms with Crippen LogP contribution in [0.25, 0.3) is 0 Å². The molecule has 12 heteroatoms. The van der Waals surface area contributed by atoms with E-state index in [4.69, 9.17) is 0 Å². The van der Waals surface area contributed by atoms with Crippen molar-refractivity contribution < 1.29 is 17.9 Å². The largest absolute Gasteiger partial charge is 0.392 e. The minimum Gasteiger partial charge on any atom is -0.392 e. The topological polar surface area (TPSA) is 85.2 Å². The van der Waals surface area contributed by atoms with Crippen molar-refractivity contribution in [3.05, 3.63) is 76.3 Å². The average molecular weight is 631 g/mol. The Bertz CT molecular complexity index is 1460. The molecule has 0 radical (unpaired) electrons. The number of sulfonamides is 1. The Morgan fingerprint density at radius 1 is 1.19 bits per heavy atom. The van der Waals surface area contributed by atoms with E-state index < -0.39 is 10.0 Å².